The van der Waals surface area contributed by atoms with Crippen molar-refractivity contribution in [1.29, 1.82) is 0 Å². The Balaban J connectivity index is 2.49. The summed E-state index contributed by atoms with van der Waals surface area (Å²) >= 11 is 6.04. The van der Waals surface area contributed by atoms with Crippen molar-refractivity contribution in [2.75, 3.05) is 0 Å². The first kappa shape index (κ1) is 11.7. The van der Waals surface area contributed by atoms with Crippen molar-refractivity contribution in [3.05, 3.63) is 58.6 Å². The summed E-state index contributed by atoms with van der Waals surface area (Å²) in [5.74, 6) is -1.18. The summed E-state index contributed by atoms with van der Waals surface area (Å²) in [4.78, 5) is 10.8. The number of halogens is 1. The van der Waals surface area contributed by atoms with Crippen LogP contribution < -0.4 is 5.11 Å². The van der Waals surface area contributed by atoms with Crippen LogP contribution in [0.1, 0.15) is 15.9 Å². The largest absolute Gasteiger partial charge is 0.545 e. The number of carboxylic acids is 1. The summed E-state index contributed by atoms with van der Waals surface area (Å²) in [5.41, 5.74) is 2.86. The van der Waals surface area contributed by atoms with Crippen LogP contribution in [0.4, 0.5) is 0 Å². The van der Waals surface area contributed by atoms with Gasteiger partial charge in [0.2, 0.25) is 0 Å². The molecule has 2 aromatic carbocycles. The van der Waals surface area contributed by atoms with Crippen molar-refractivity contribution in [3.63, 3.8) is 0 Å². The van der Waals surface area contributed by atoms with Gasteiger partial charge in [0, 0.05) is 5.02 Å². The third-order valence-electron chi connectivity index (χ3n) is 2.60. The van der Waals surface area contributed by atoms with E-state index in [4.69, 9.17) is 11.6 Å². The van der Waals surface area contributed by atoms with Crippen molar-refractivity contribution in [1.82, 2.24) is 0 Å². The van der Waals surface area contributed by atoms with Gasteiger partial charge in [0.1, 0.15) is 0 Å². The lowest BCUT2D eigenvalue weighted by Crippen LogP contribution is -2.22. The molecule has 0 aromatic heterocycles. The van der Waals surface area contributed by atoms with E-state index in [1.165, 1.54) is 6.07 Å². The summed E-state index contributed by atoms with van der Waals surface area (Å²) < 4.78 is 0. The Labute approximate surface area is 104 Å². The lowest BCUT2D eigenvalue weighted by molar-refractivity contribution is -0.255. The number of rotatable bonds is 2. The highest BCUT2D eigenvalue weighted by molar-refractivity contribution is 6.31. The maximum absolute atomic E-state index is 10.8. The molecule has 86 valence electrons. The van der Waals surface area contributed by atoms with E-state index in [2.05, 4.69) is 0 Å². The minimum Gasteiger partial charge on any atom is -0.545 e. The van der Waals surface area contributed by atoms with Crippen molar-refractivity contribution in [2.45, 2.75) is 6.92 Å². The molecular formula is C14H10ClO2-. The molecule has 0 fully saturated rings. The van der Waals surface area contributed by atoms with Crippen LogP contribution in [0, 0.1) is 6.92 Å². The molecule has 0 aliphatic rings. The third-order valence-corrected chi connectivity index (χ3v) is 3.01. The number of carbonyl (C=O) groups excluding carboxylic acids is 1. The zero-order valence-corrected chi connectivity index (χ0v) is 9.99. The van der Waals surface area contributed by atoms with Gasteiger partial charge < -0.3 is 9.90 Å². The molecule has 0 aliphatic heterocycles. The van der Waals surface area contributed by atoms with E-state index < -0.39 is 5.97 Å². The molecule has 0 atom stereocenters. The second kappa shape index (κ2) is 4.60. The fourth-order valence-electron chi connectivity index (χ4n) is 1.60. The van der Waals surface area contributed by atoms with Crippen molar-refractivity contribution in [3.8, 4) is 11.1 Å². The van der Waals surface area contributed by atoms with E-state index in [-0.39, 0.29) is 5.56 Å². The van der Waals surface area contributed by atoms with Crippen molar-refractivity contribution in [2.24, 2.45) is 0 Å². The number of aromatic carboxylic acids is 1. The highest BCUT2D eigenvalue weighted by Crippen LogP contribution is 2.25. The summed E-state index contributed by atoms with van der Waals surface area (Å²) in [6.45, 7) is 1.92. The predicted molar refractivity (Wildman–Crippen MR) is 66.0 cm³/mol. The number of carboxylic acid groups (broad SMARTS) is 1. The maximum atomic E-state index is 10.8. The quantitative estimate of drug-likeness (QED) is 0.816. The molecular weight excluding hydrogens is 236 g/mol. The van der Waals surface area contributed by atoms with Gasteiger partial charge in [-0.1, -0.05) is 41.9 Å². The van der Waals surface area contributed by atoms with Gasteiger partial charge in [0.05, 0.1) is 5.97 Å². The fourth-order valence-corrected chi connectivity index (χ4v) is 1.78. The van der Waals surface area contributed by atoms with E-state index in [0.29, 0.717) is 5.02 Å². The number of hydrogen-bond donors (Lipinski definition) is 0. The minimum atomic E-state index is -1.18. The average molecular weight is 246 g/mol. The van der Waals surface area contributed by atoms with E-state index in [0.717, 1.165) is 16.7 Å². The van der Waals surface area contributed by atoms with Gasteiger partial charge >= 0.3 is 0 Å². The monoisotopic (exact) mass is 245 g/mol. The Morgan fingerprint density at radius 2 is 1.82 bits per heavy atom. The van der Waals surface area contributed by atoms with Crippen LogP contribution in [0.5, 0.6) is 0 Å². The molecule has 0 bridgehead atoms. The Morgan fingerprint density at radius 1 is 1.12 bits per heavy atom. The third kappa shape index (κ3) is 2.48. The molecule has 2 rings (SSSR count). The molecule has 0 N–H and O–H groups in total. The molecule has 17 heavy (non-hydrogen) atoms. The molecule has 0 spiro atoms. The Bertz CT molecular complexity index is 576. The van der Waals surface area contributed by atoms with E-state index >= 15 is 0 Å². The van der Waals surface area contributed by atoms with Crippen LogP contribution in [0.15, 0.2) is 42.5 Å². The normalized spacial score (nSPS) is 10.2. The van der Waals surface area contributed by atoms with Crippen LogP contribution in [0.3, 0.4) is 0 Å². The second-order valence-electron chi connectivity index (χ2n) is 3.83. The van der Waals surface area contributed by atoms with E-state index in [9.17, 15) is 9.90 Å². The molecule has 3 heteroatoms. The van der Waals surface area contributed by atoms with Crippen LogP contribution in [0.2, 0.25) is 5.02 Å². The number of aryl methyl sites for hydroxylation is 1. The molecule has 0 saturated heterocycles. The fraction of sp³-hybridized carbons (Fsp3) is 0.0714. The number of benzene rings is 2. The predicted octanol–water partition coefficient (Wildman–Crippen LogP) is 2.68. The molecule has 0 aliphatic carbocycles. The van der Waals surface area contributed by atoms with Crippen LogP contribution in [0.25, 0.3) is 11.1 Å². The molecule has 0 amide bonds. The first-order valence-electron chi connectivity index (χ1n) is 5.16. The Hall–Kier alpha value is -1.80. The smallest absolute Gasteiger partial charge is 0.0715 e. The van der Waals surface area contributed by atoms with E-state index in [1.54, 1.807) is 12.1 Å². The number of hydrogen-bond acceptors (Lipinski definition) is 2. The van der Waals surface area contributed by atoms with Gasteiger partial charge in [0.25, 0.3) is 0 Å². The SMILES string of the molecule is Cc1ccc(-c2cccc(C(=O)[O-])c2)cc1Cl. The van der Waals surface area contributed by atoms with Crippen LogP contribution in [-0.4, -0.2) is 5.97 Å². The van der Waals surface area contributed by atoms with Gasteiger partial charge in [-0.2, -0.15) is 0 Å². The van der Waals surface area contributed by atoms with Gasteiger partial charge in [-0.15, -0.1) is 0 Å². The topological polar surface area (TPSA) is 40.1 Å². The summed E-state index contributed by atoms with van der Waals surface area (Å²) in [6.07, 6.45) is 0. The first-order chi connectivity index (χ1) is 8.08. The lowest BCUT2D eigenvalue weighted by atomic mass is 10.0. The van der Waals surface area contributed by atoms with Gasteiger partial charge in [0.15, 0.2) is 0 Å². The van der Waals surface area contributed by atoms with E-state index in [1.807, 2.05) is 31.2 Å². The van der Waals surface area contributed by atoms with Crippen LogP contribution >= 0.6 is 11.6 Å². The van der Waals surface area contributed by atoms with Gasteiger partial charge in [-0.3, -0.25) is 0 Å². The summed E-state index contributed by atoms with van der Waals surface area (Å²) in [5, 5.41) is 11.4. The standard InChI is InChI=1S/C14H11ClO2/c1-9-5-6-11(8-13(9)15)10-3-2-4-12(7-10)14(16)17/h2-8H,1H3,(H,16,17)/p-1. The summed E-state index contributed by atoms with van der Waals surface area (Å²) in [6, 6.07) is 12.3. The number of carbonyl (C=O) groups is 1. The van der Waals surface area contributed by atoms with Gasteiger partial charge in [-0.05, 0) is 41.3 Å². The second-order valence-corrected chi connectivity index (χ2v) is 4.24. The highest BCUT2D eigenvalue weighted by atomic mass is 35.5. The maximum Gasteiger partial charge on any atom is 0.0715 e. The van der Waals surface area contributed by atoms with Crippen molar-refractivity contribution >= 4 is 17.6 Å². The summed E-state index contributed by atoms with van der Waals surface area (Å²) in [7, 11) is 0. The molecule has 0 saturated carbocycles. The molecule has 2 nitrogen and oxygen atoms in total. The highest BCUT2D eigenvalue weighted by Gasteiger charge is 2.02. The Kier molecular flexibility index (Phi) is 3.16. The molecule has 0 radical (unpaired) electrons. The minimum absolute atomic E-state index is 0.166. The average Bonchev–Trinajstić information content (AvgIpc) is 2.33. The zero-order valence-electron chi connectivity index (χ0n) is 9.24. The lowest BCUT2D eigenvalue weighted by Gasteiger charge is -2.07. The van der Waals surface area contributed by atoms with Gasteiger partial charge in [-0.25, -0.2) is 0 Å². The van der Waals surface area contributed by atoms with Crippen LogP contribution in [-0.2, 0) is 0 Å². The first-order valence-corrected chi connectivity index (χ1v) is 5.53. The zero-order chi connectivity index (χ0) is 12.4. The molecule has 0 heterocycles. The molecule has 0 unspecified atom stereocenters. The van der Waals surface area contributed by atoms with Crippen molar-refractivity contribution < 1.29 is 9.90 Å². The Morgan fingerprint density at radius 3 is 2.47 bits per heavy atom. The molecule has 2 aromatic rings.